The van der Waals surface area contributed by atoms with Crippen molar-refractivity contribution in [2.45, 2.75) is 11.6 Å². The summed E-state index contributed by atoms with van der Waals surface area (Å²) < 4.78 is 6.71. The Labute approximate surface area is 123 Å². The SMILES string of the molecule is Cn1nnc2c(SCC(=O)NCc3ccco3)ncnc21. The zero-order valence-electron chi connectivity index (χ0n) is 11.2. The van der Waals surface area contributed by atoms with Crippen LogP contribution in [0.3, 0.4) is 0 Å². The van der Waals surface area contributed by atoms with Crippen LogP contribution in [0.25, 0.3) is 11.2 Å². The molecule has 9 heteroatoms. The Morgan fingerprint density at radius 3 is 3.19 bits per heavy atom. The average Bonchev–Trinajstić information content (AvgIpc) is 3.13. The summed E-state index contributed by atoms with van der Waals surface area (Å²) in [4.78, 5) is 20.0. The number of rotatable bonds is 5. The van der Waals surface area contributed by atoms with Gasteiger partial charge >= 0.3 is 0 Å². The molecule has 0 spiro atoms. The van der Waals surface area contributed by atoms with Gasteiger partial charge in [0, 0.05) is 7.05 Å². The molecule has 3 heterocycles. The van der Waals surface area contributed by atoms with Crippen molar-refractivity contribution in [1.82, 2.24) is 30.3 Å². The first kappa shape index (κ1) is 13.6. The molecule has 0 saturated heterocycles. The molecule has 108 valence electrons. The number of nitrogens with zero attached hydrogens (tertiary/aromatic N) is 5. The third kappa shape index (κ3) is 3.02. The zero-order chi connectivity index (χ0) is 14.7. The van der Waals surface area contributed by atoms with Crippen molar-refractivity contribution in [1.29, 1.82) is 0 Å². The molecular weight excluding hydrogens is 292 g/mol. The van der Waals surface area contributed by atoms with Crippen LogP contribution in [0.15, 0.2) is 34.2 Å². The number of furan rings is 1. The lowest BCUT2D eigenvalue weighted by Crippen LogP contribution is -2.24. The Morgan fingerprint density at radius 2 is 2.38 bits per heavy atom. The zero-order valence-corrected chi connectivity index (χ0v) is 12.0. The molecule has 1 amide bonds. The highest BCUT2D eigenvalue weighted by Crippen LogP contribution is 2.21. The molecule has 0 atom stereocenters. The number of carbonyl (C=O) groups is 1. The summed E-state index contributed by atoms with van der Waals surface area (Å²) >= 11 is 1.30. The lowest BCUT2D eigenvalue weighted by Gasteiger charge is -2.03. The first-order valence-electron chi connectivity index (χ1n) is 6.16. The summed E-state index contributed by atoms with van der Waals surface area (Å²) in [6.07, 6.45) is 3.01. The number of hydrogen-bond donors (Lipinski definition) is 1. The second kappa shape index (κ2) is 5.92. The molecule has 0 unspecified atom stereocenters. The molecule has 0 radical (unpaired) electrons. The summed E-state index contributed by atoms with van der Waals surface area (Å²) in [6, 6.07) is 3.59. The van der Waals surface area contributed by atoms with Crippen LogP contribution in [-0.2, 0) is 18.4 Å². The van der Waals surface area contributed by atoms with Crippen molar-refractivity contribution in [2.75, 3.05) is 5.75 Å². The van der Waals surface area contributed by atoms with Gasteiger partial charge in [0.2, 0.25) is 5.91 Å². The Balaban J connectivity index is 1.60. The molecule has 0 fully saturated rings. The first-order valence-corrected chi connectivity index (χ1v) is 7.15. The van der Waals surface area contributed by atoms with E-state index in [9.17, 15) is 4.79 Å². The molecule has 8 nitrogen and oxygen atoms in total. The van der Waals surface area contributed by atoms with Crippen molar-refractivity contribution in [3.63, 3.8) is 0 Å². The second-order valence-electron chi connectivity index (χ2n) is 4.21. The highest BCUT2D eigenvalue weighted by atomic mass is 32.2. The summed E-state index contributed by atoms with van der Waals surface area (Å²) in [6.45, 7) is 0.372. The quantitative estimate of drug-likeness (QED) is 0.548. The minimum Gasteiger partial charge on any atom is -0.467 e. The molecule has 0 aliphatic carbocycles. The summed E-state index contributed by atoms with van der Waals surface area (Å²) in [5, 5.41) is 11.3. The van der Waals surface area contributed by atoms with Crippen LogP contribution in [0.2, 0.25) is 0 Å². The number of hydrogen-bond acceptors (Lipinski definition) is 7. The van der Waals surface area contributed by atoms with Gasteiger partial charge in [-0.2, -0.15) is 0 Å². The van der Waals surface area contributed by atoms with Gasteiger partial charge in [-0.25, -0.2) is 14.6 Å². The molecule has 0 aromatic carbocycles. The first-order chi connectivity index (χ1) is 10.2. The van der Waals surface area contributed by atoms with E-state index in [1.54, 1.807) is 30.1 Å². The van der Waals surface area contributed by atoms with Gasteiger partial charge in [-0.1, -0.05) is 17.0 Å². The lowest BCUT2D eigenvalue weighted by molar-refractivity contribution is -0.118. The number of carbonyl (C=O) groups excluding carboxylic acids is 1. The maximum absolute atomic E-state index is 11.8. The standard InChI is InChI=1S/C12H12N6O2S/c1-18-11-10(16-17-18)12(15-7-14-11)21-6-9(19)13-5-8-3-2-4-20-8/h2-4,7H,5-6H2,1H3,(H,13,19). The highest BCUT2D eigenvalue weighted by Gasteiger charge is 2.12. The van der Waals surface area contributed by atoms with Gasteiger partial charge in [-0.3, -0.25) is 4.79 Å². The normalized spacial score (nSPS) is 10.9. The predicted octanol–water partition coefficient (Wildman–Crippen LogP) is 0.760. The van der Waals surface area contributed by atoms with E-state index >= 15 is 0 Å². The fourth-order valence-electron chi connectivity index (χ4n) is 1.72. The molecule has 0 aliphatic heterocycles. The number of aromatic nitrogens is 5. The Morgan fingerprint density at radius 1 is 1.48 bits per heavy atom. The van der Waals surface area contributed by atoms with Crippen LogP contribution in [0.1, 0.15) is 5.76 Å². The van der Waals surface area contributed by atoms with Gasteiger partial charge in [0.15, 0.2) is 11.2 Å². The van der Waals surface area contributed by atoms with Crippen molar-refractivity contribution in [3.8, 4) is 0 Å². The monoisotopic (exact) mass is 304 g/mol. The largest absolute Gasteiger partial charge is 0.467 e. The maximum Gasteiger partial charge on any atom is 0.230 e. The van der Waals surface area contributed by atoms with Crippen LogP contribution >= 0.6 is 11.8 Å². The molecule has 0 aliphatic rings. The highest BCUT2D eigenvalue weighted by molar-refractivity contribution is 8.00. The molecule has 1 N–H and O–H groups in total. The van der Waals surface area contributed by atoms with Crippen LogP contribution in [-0.4, -0.2) is 36.6 Å². The van der Waals surface area contributed by atoms with Gasteiger partial charge in [0.05, 0.1) is 18.6 Å². The number of aryl methyl sites for hydroxylation is 1. The maximum atomic E-state index is 11.8. The van der Waals surface area contributed by atoms with Crippen LogP contribution in [0.4, 0.5) is 0 Å². The van der Waals surface area contributed by atoms with Crippen LogP contribution in [0.5, 0.6) is 0 Å². The Hall–Kier alpha value is -2.42. The van der Waals surface area contributed by atoms with Crippen LogP contribution in [0, 0.1) is 0 Å². The van der Waals surface area contributed by atoms with E-state index in [2.05, 4.69) is 25.6 Å². The van der Waals surface area contributed by atoms with Crippen molar-refractivity contribution in [3.05, 3.63) is 30.5 Å². The molecular formula is C12H12N6O2S. The van der Waals surface area contributed by atoms with Crippen molar-refractivity contribution >= 4 is 28.8 Å². The van der Waals surface area contributed by atoms with Gasteiger partial charge < -0.3 is 9.73 Å². The topological polar surface area (TPSA) is 98.7 Å². The number of nitrogens with one attached hydrogen (secondary N) is 1. The third-order valence-electron chi connectivity index (χ3n) is 2.73. The molecule has 3 rings (SSSR count). The Bertz CT molecular complexity index is 754. The molecule has 0 saturated carbocycles. The third-order valence-corrected chi connectivity index (χ3v) is 3.71. The van der Waals surface area contributed by atoms with Gasteiger partial charge in [0.1, 0.15) is 17.1 Å². The number of fused-ring (bicyclic) bond motifs is 1. The number of amides is 1. The summed E-state index contributed by atoms with van der Waals surface area (Å²) in [5.74, 6) is 0.849. The van der Waals surface area contributed by atoms with Crippen LogP contribution < -0.4 is 5.32 Å². The van der Waals surface area contributed by atoms with E-state index in [1.165, 1.54) is 18.1 Å². The average molecular weight is 304 g/mol. The number of thioether (sulfide) groups is 1. The minimum atomic E-state index is -0.105. The second-order valence-corrected chi connectivity index (χ2v) is 5.17. The van der Waals surface area contributed by atoms with E-state index in [-0.39, 0.29) is 11.7 Å². The van der Waals surface area contributed by atoms with Gasteiger partial charge in [0.25, 0.3) is 0 Å². The Kier molecular flexibility index (Phi) is 3.82. The molecule has 3 aromatic heterocycles. The van der Waals surface area contributed by atoms with E-state index in [0.29, 0.717) is 28.5 Å². The molecule has 21 heavy (non-hydrogen) atoms. The molecule has 3 aromatic rings. The van der Waals surface area contributed by atoms with E-state index < -0.39 is 0 Å². The van der Waals surface area contributed by atoms with Crippen molar-refractivity contribution < 1.29 is 9.21 Å². The fourth-order valence-corrected chi connectivity index (χ4v) is 2.48. The minimum absolute atomic E-state index is 0.105. The van der Waals surface area contributed by atoms with Gasteiger partial charge in [-0.15, -0.1) is 5.10 Å². The lowest BCUT2D eigenvalue weighted by atomic mass is 10.4. The van der Waals surface area contributed by atoms with E-state index in [4.69, 9.17) is 4.42 Å². The molecule has 0 bridgehead atoms. The smallest absolute Gasteiger partial charge is 0.230 e. The van der Waals surface area contributed by atoms with E-state index in [0.717, 1.165) is 0 Å². The predicted molar refractivity (Wildman–Crippen MR) is 75.4 cm³/mol. The summed E-state index contributed by atoms with van der Waals surface area (Å²) in [5.41, 5.74) is 1.24. The fraction of sp³-hybridized carbons (Fsp3) is 0.250. The van der Waals surface area contributed by atoms with Crippen molar-refractivity contribution in [2.24, 2.45) is 7.05 Å². The van der Waals surface area contributed by atoms with Gasteiger partial charge in [-0.05, 0) is 12.1 Å². The summed E-state index contributed by atoms with van der Waals surface area (Å²) in [7, 11) is 1.76. The van der Waals surface area contributed by atoms with E-state index in [1.807, 2.05) is 0 Å².